The number of hydrogen-bond donors (Lipinski definition) is 0. The minimum atomic E-state index is -0.286. The van der Waals surface area contributed by atoms with Crippen molar-refractivity contribution in [2.75, 3.05) is 50.1 Å². The molecular formula is C27H25ClN8O2. The van der Waals surface area contributed by atoms with E-state index in [-0.39, 0.29) is 6.09 Å². The molecule has 0 aliphatic carbocycles. The van der Waals surface area contributed by atoms with Gasteiger partial charge in [0.05, 0.1) is 12.6 Å². The van der Waals surface area contributed by atoms with Crippen molar-refractivity contribution in [3.05, 3.63) is 72.1 Å². The van der Waals surface area contributed by atoms with E-state index >= 15 is 0 Å². The predicted molar refractivity (Wildman–Crippen MR) is 147 cm³/mol. The van der Waals surface area contributed by atoms with E-state index in [0.717, 1.165) is 39.4 Å². The van der Waals surface area contributed by atoms with Crippen molar-refractivity contribution < 1.29 is 9.53 Å². The largest absolute Gasteiger partial charge is 0.453 e. The summed E-state index contributed by atoms with van der Waals surface area (Å²) < 4.78 is 6.66. The molecule has 38 heavy (non-hydrogen) atoms. The number of nitrogens with zero attached hydrogens (tertiary/aromatic N) is 8. The van der Waals surface area contributed by atoms with Gasteiger partial charge in [0.15, 0.2) is 0 Å². The van der Waals surface area contributed by atoms with E-state index in [1.54, 1.807) is 11.2 Å². The average molecular weight is 529 g/mol. The van der Waals surface area contributed by atoms with E-state index < -0.39 is 0 Å². The van der Waals surface area contributed by atoms with Crippen LogP contribution in [0.3, 0.4) is 0 Å². The zero-order valence-electron chi connectivity index (χ0n) is 21.0. The Morgan fingerprint density at radius 3 is 2.63 bits per heavy atom. The first kappa shape index (κ1) is 23.9. The number of amides is 1. The van der Waals surface area contributed by atoms with E-state index in [2.05, 4.69) is 33.3 Å². The maximum Gasteiger partial charge on any atom is 0.409 e. The number of aromatic nitrogens is 5. The van der Waals surface area contributed by atoms with Gasteiger partial charge in [-0.15, -0.1) is 10.2 Å². The number of fused-ring (bicyclic) bond motifs is 3. The Bertz CT molecular complexity index is 1630. The van der Waals surface area contributed by atoms with Crippen LogP contribution in [0.25, 0.3) is 27.8 Å². The van der Waals surface area contributed by atoms with Crippen molar-refractivity contribution in [3.63, 3.8) is 0 Å². The Hall–Kier alpha value is -4.44. The number of carbonyl (C=O) groups excluding carboxylic acids is 1. The lowest BCUT2D eigenvalue weighted by Crippen LogP contribution is -2.49. The molecule has 11 heteroatoms. The van der Waals surface area contributed by atoms with E-state index in [1.807, 2.05) is 58.9 Å². The summed E-state index contributed by atoms with van der Waals surface area (Å²) >= 11 is 6.29. The molecule has 0 radical (unpaired) electrons. The first-order chi connectivity index (χ1) is 18.5. The van der Waals surface area contributed by atoms with Gasteiger partial charge in [-0.2, -0.15) is 4.98 Å². The van der Waals surface area contributed by atoms with Crippen LogP contribution in [0.15, 0.2) is 67.1 Å². The summed E-state index contributed by atoms with van der Waals surface area (Å²) in [7, 11) is 3.39. The molecule has 5 aromatic rings. The summed E-state index contributed by atoms with van der Waals surface area (Å²) in [5.41, 5.74) is 3.91. The molecule has 3 aromatic heterocycles. The Balaban J connectivity index is 1.26. The summed E-state index contributed by atoms with van der Waals surface area (Å²) in [6, 6.07) is 18.1. The summed E-state index contributed by atoms with van der Waals surface area (Å²) in [5.74, 6) is 2.15. The molecule has 0 atom stereocenters. The average Bonchev–Trinajstić information content (AvgIpc) is 3.45. The van der Waals surface area contributed by atoms with Crippen LogP contribution in [0.5, 0.6) is 0 Å². The lowest BCUT2D eigenvalue weighted by atomic mass is 10.1. The van der Waals surface area contributed by atoms with Gasteiger partial charge in [0.25, 0.3) is 5.78 Å². The van der Waals surface area contributed by atoms with Gasteiger partial charge in [-0.3, -0.25) is 4.40 Å². The highest BCUT2D eigenvalue weighted by Gasteiger charge is 2.22. The Morgan fingerprint density at radius 1 is 1.03 bits per heavy atom. The molecule has 0 saturated carbocycles. The minimum absolute atomic E-state index is 0.286. The van der Waals surface area contributed by atoms with Gasteiger partial charge in [-0.1, -0.05) is 23.7 Å². The number of methoxy groups -OCH3 is 1. The van der Waals surface area contributed by atoms with Gasteiger partial charge in [0.1, 0.15) is 18.0 Å². The number of ether oxygens (including phenoxy) is 1. The van der Waals surface area contributed by atoms with E-state index in [1.165, 1.54) is 7.11 Å². The Labute approximate surface area is 224 Å². The lowest BCUT2D eigenvalue weighted by Gasteiger charge is -2.34. The SMILES string of the molecule is COC(=O)N1CCN(c2ccc(-c3cccc(N(C)c4nc5nncn5c5cc(Cl)ccc45)c3)cn2)CC1. The van der Waals surface area contributed by atoms with Crippen molar-refractivity contribution in [2.45, 2.75) is 0 Å². The van der Waals surface area contributed by atoms with E-state index in [0.29, 0.717) is 37.0 Å². The predicted octanol–water partition coefficient (Wildman–Crippen LogP) is 4.65. The normalized spacial score (nSPS) is 13.8. The molecule has 1 saturated heterocycles. The first-order valence-corrected chi connectivity index (χ1v) is 12.6. The maximum atomic E-state index is 11.8. The quantitative estimate of drug-likeness (QED) is 0.333. The first-order valence-electron chi connectivity index (χ1n) is 12.2. The van der Waals surface area contributed by atoms with E-state index in [4.69, 9.17) is 26.3 Å². The maximum absolute atomic E-state index is 11.8. The van der Waals surface area contributed by atoms with Crippen molar-refractivity contribution >= 4 is 51.7 Å². The molecule has 0 bridgehead atoms. The van der Waals surface area contributed by atoms with Gasteiger partial charge in [-0.05, 0) is 48.0 Å². The Kier molecular flexibility index (Phi) is 6.16. The molecular weight excluding hydrogens is 504 g/mol. The summed E-state index contributed by atoms with van der Waals surface area (Å²) in [6.45, 7) is 2.65. The van der Waals surface area contributed by atoms with Crippen LogP contribution in [-0.2, 0) is 4.74 Å². The second-order valence-corrected chi connectivity index (χ2v) is 9.49. The number of piperazine rings is 1. The molecule has 1 aliphatic heterocycles. The van der Waals surface area contributed by atoms with Gasteiger partial charge in [-0.25, -0.2) is 9.78 Å². The standard InChI is InChI=1S/C27H25ClN8O2/c1-33(25-22-8-7-20(28)15-23(22)36-17-30-32-26(36)31-25)21-5-3-4-18(14-21)19-6-9-24(29-16-19)34-10-12-35(13-11-34)27(37)38-2/h3-9,14-17H,10-13H2,1-2H3. The summed E-state index contributed by atoms with van der Waals surface area (Å²) in [6.07, 6.45) is 3.24. The molecule has 192 valence electrons. The molecule has 6 rings (SSSR count). The highest BCUT2D eigenvalue weighted by molar-refractivity contribution is 6.31. The molecule has 1 amide bonds. The highest BCUT2D eigenvalue weighted by Crippen LogP contribution is 2.33. The summed E-state index contributed by atoms with van der Waals surface area (Å²) in [4.78, 5) is 27.2. The molecule has 1 fully saturated rings. The third-order valence-corrected chi connectivity index (χ3v) is 7.10. The van der Waals surface area contributed by atoms with Crippen LogP contribution < -0.4 is 9.80 Å². The van der Waals surface area contributed by atoms with Gasteiger partial charge in [0, 0.05) is 61.1 Å². The fraction of sp³-hybridized carbons (Fsp3) is 0.222. The van der Waals surface area contributed by atoms with Crippen LogP contribution in [0.2, 0.25) is 5.02 Å². The van der Waals surface area contributed by atoms with Gasteiger partial charge >= 0.3 is 6.09 Å². The van der Waals surface area contributed by atoms with Crippen molar-refractivity contribution in [1.29, 1.82) is 0 Å². The molecule has 2 aromatic carbocycles. The molecule has 4 heterocycles. The van der Waals surface area contributed by atoms with E-state index in [9.17, 15) is 4.79 Å². The molecule has 0 unspecified atom stereocenters. The van der Waals surface area contributed by atoms with Crippen LogP contribution in [0, 0.1) is 0 Å². The molecule has 10 nitrogen and oxygen atoms in total. The van der Waals surface area contributed by atoms with Crippen LogP contribution in [-0.4, -0.2) is 75.9 Å². The summed E-state index contributed by atoms with van der Waals surface area (Å²) in [5, 5.41) is 9.75. The van der Waals surface area contributed by atoms with Crippen LogP contribution in [0.1, 0.15) is 0 Å². The number of carbonyl (C=O) groups is 1. The Morgan fingerprint density at radius 2 is 1.87 bits per heavy atom. The topological polar surface area (TPSA) is 92.0 Å². The molecule has 0 N–H and O–H groups in total. The van der Waals surface area contributed by atoms with Crippen LogP contribution >= 0.6 is 11.6 Å². The lowest BCUT2D eigenvalue weighted by molar-refractivity contribution is 0.121. The third kappa shape index (κ3) is 4.32. The zero-order valence-corrected chi connectivity index (χ0v) is 21.7. The number of halogens is 1. The second kappa shape index (κ2) is 9.79. The number of benzene rings is 2. The molecule has 0 spiro atoms. The minimum Gasteiger partial charge on any atom is -0.453 e. The van der Waals surface area contributed by atoms with Crippen LogP contribution in [0.4, 0.5) is 22.1 Å². The van der Waals surface area contributed by atoms with Crippen molar-refractivity contribution in [1.82, 2.24) is 29.5 Å². The van der Waals surface area contributed by atoms with Gasteiger partial charge in [0.2, 0.25) is 0 Å². The monoisotopic (exact) mass is 528 g/mol. The number of hydrogen-bond acceptors (Lipinski definition) is 8. The fourth-order valence-electron chi connectivity index (χ4n) is 4.79. The van der Waals surface area contributed by atoms with Crippen molar-refractivity contribution in [2.24, 2.45) is 0 Å². The fourth-order valence-corrected chi connectivity index (χ4v) is 4.95. The number of pyridine rings is 1. The smallest absolute Gasteiger partial charge is 0.409 e. The number of rotatable bonds is 4. The second-order valence-electron chi connectivity index (χ2n) is 9.06. The van der Waals surface area contributed by atoms with Crippen molar-refractivity contribution in [3.8, 4) is 11.1 Å². The highest BCUT2D eigenvalue weighted by atomic mass is 35.5. The molecule has 1 aliphatic rings. The third-order valence-electron chi connectivity index (χ3n) is 6.86. The van der Waals surface area contributed by atoms with Gasteiger partial charge < -0.3 is 19.4 Å². The number of anilines is 3. The zero-order chi connectivity index (χ0) is 26.2.